The second-order valence-electron chi connectivity index (χ2n) is 3.05. The molecule has 0 aliphatic heterocycles. The average Bonchev–Trinajstić information content (AvgIpc) is 2.04. The van der Waals surface area contributed by atoms with E-state index >= 15 is 0 Å². The van der Waals surface area contributed by atoms with Crippen molar-refractivity contribution in [2.24, 2.45) is 0 Å². The highest BCUT2D eigenvalue weighted by Crippen LogP contribution is 2.18. The number of ether oxygens (including phenoxy) is 1. The summed E-state index contributed by atoms with van der Waals surface area (Å²) in [7, 11) is 0. The van der Waals surface area contributed by atoms with Crippen LogP contribution >= 0.6 is 27.5 Å². The minimum Gasteiger partial charge on any atom is -0.370 e. The first-order valence-corrected chi connectivity index (χ1v) is 5.53. The van der Waals surface area contributed by atoms with Gasteiger partial charge in [-0.3, -0.25) is 0 Å². The van der Waals surface area contributed by atoms with Crippen LogP contribution in [0.5, 0.6) is 0 Å². The molecule has 0 aromatic heterocycles. The molecule has 0 radical (unpaired) electrons. The van der Waals surface area contributed by atoms with E-state index in [-0.39, 0.29) is 11.7 Å². The Morgan fingerprint density at radius 2 is 2.18 bits per heavy atom. The van der Waals surface area contributed by atoms with E-state index in [1.54, 1.807) is 0 Å². The first kappa shape index (κ1) is 11.7. The Morgan fingerprint density at radius 3 is 2.45 bits per heavy atom. The van der Waals surface area contributed by atoms with Crippen molar-refractivity contribution in [1.29, 1.82) is 0 Å². The van der Waals surface area contributed by atoms with Crippen LogP contribution in [-0.2, 0) is 4.74 Å². The Labute approximate surface area is 82.6 Å². The minimum atomic E-state index is -0.211. The molecule has 0 saturated carbocycles. The largest absolute Gasteiger partial charge is 0.370 e. The molecule has 2 unspecified atom stereocenters. The molecule has 0 aromatic carbocycles. The van der Waals surface area contributed by atoms with E-state index in [0.717, 1.165) is 11.8 Å². The summed E-state index contributed by atoms with van der Waals surface area (Å²) in [5, 5.41) is 0.786. The van der Waals surface area contributed by atoms with Gasteiger partial charge >= 0.3 is 0 Å². The summed E-state index contributed by atoms with van der Waals surface area (Å²) in [5.74, 6) is 0.530. The fourth-order valence-electron chi connectivity index (χ4n) is 0.668. The first-order chi connectivity index (χ1) is 5.08. The van der Waals surface area contributed by atoms with Gasteiger partial charge in [-0.15, -0.1) is 11.6 Å². The Balaban J connectivity index is 3.86. The predicted octanol–water partition coefficient (Wildman–Crippen LogP) is 3.19. The van der Waals surface area contributed by atoms with Crippen LogP contribution in [0.3, 0.4) is 0 Å². The molecule has 0 fully saturated rings. The molecule has 0 bridgehead atoms. The molecule has 0 amide bonds. The van der Waals surface area contributed by atoms with E-state index in [9.17, 15) is 0 Å². The lowest BCUT2D eigenvalue weighted by molar-refractivity contribution is -0.0459. The third kappa shape index (κ3) is 4.34. The molecule has 0 aliphatic rings. The van der Waals surface area contributed by atoms with Crippen molar-refractivity contribution in [2.75, 3.05) is 11.2 Å². The average molecular weight is 244 g/mol. The highest BCUT2D eigenvalue weighted by Gasteiger charge is 2.24. The molecule has 1 nitrogen and oxygen atoms in total. The lowest BCUT2D eigenvalue weighted by Crippen LogP contribution is -2.36. The van der Waals surface area contributed by atoms with Crippen LogP contribution in [0.4, 0.5) is 0 Å². The van der Waals surface area contributed by atoms with Crippen LogP contribution in [0.1, 0.15) is 27.2 Å². The summed E-state index contributed by atoms with van der Waals surface area (Å²) < 4.78 is 5.71. The maximum atomic E-state index is 5.75. The van der Waals surface area contributed by atoms with E-state index in [4.69, 9.17) is 16.3 Å². The van der Waals surface area contributed by atoms with Gasteiger partial charge in [-0.25, -0.2) is 0 Å². The molecular formula is C8H16BrClO. The quantitative estimate of drug-likeness (QED) is 0.674. The van der Waals surface area contributed by atoms with Crippen molar-refractivity contribution in [3.63, 3.8) is 0 Å². The lowest BCUT2D eigenvalue weighted by atomic mass is 10.1. The fourth-order valence-corrected chi connectivity index (χ4v) is 1.38. The number of hydrogen-bond donors (Lipinski definition) is 0. The number of hydrogen-bond acceptors (Lipinski definition) is 1. The fraction of sp³-hybridized carbons (Fsp3) is 1.00. The molecule has 68 valence electrons. The smallest absolute Gasteiger partial charge is 0.0889 e. The van der Waals surface area contributed by atoms with Crippen LogP contribution in [0.25, 0.3) is 0 Å². The topological polar surface area (TPSA) is 9.23 Å². The Bertz CT molecular complexity index is 104. The second-order valence-corrected chi connectivity index (χ2v) is 3.88. The van der Waals surface area contributed by atoms with E-state index in [2.05, 4.69) is 29.8 Å². The van der Waals surface area contributed by atoms with Crippen LogP contribution < -0.4 is 0 Å². The lowest BCUT2D eigenvalue weighted by Gasteiger charge is -2.28. The SMILES string of the molecule is CCC(C)OC(C)(CCl)CBr. The van der Waals surface area contributed by atoms with Gasteiger partial charge in [0.15, 0.2) is 0 Å². The summed E-state index contributed by atoms with van der Waals surface area (Å²) in [6, 6.07) is 0. The standard InChI is InChI=1S/C8H16BrClO/c1-4-7(2)11-8(3,5-9)6-10/h7H,4-6H2,1-3H3. The molecule has 2 atom stereocenters. The summed E-state index contributed by atoms with van der Waals surface area (Å²) in [6.45, 7) is 6.18. The van der Waals surface area contributed by atoms with Crippen LogP contribution in [0, 0.1) is 0 Å². The zero-order chi connectivity index (χ0) is 8.91. The van der Waals surface area contributed by atoms with Crippen LogP contribution in [0.2, 0.25) is 0 Å². The molecule has 3 heteroatoms. The molecule has 0 aromatic rings. The van der Waals surface area contributed by atoms with E-state index in [1.165, 1.54) is 0 Å². The normalized spacial score (nSPS) is 19.4. The van der Waals surface area contributed by atoms with Gasteiger partial charge in [0.1, 0.15) is 0 Å². The summed E-state index contributed by atoms with van der Waals surface area (Å²) in [5.41, 5.74) is -0.211. The Kier molecular flexibility index (Phi) is 5.75. The van der Waals surface area contributed by atoms with Crippen LogP contribution in [0.15, 0.2) is 0 Å². The van der Waals surface area contributed by atoms with Gasteiger partial charge in [-0.1, -0.05) is 22.9 Å². The van der Waals surface area contributed by atoms with Crippen LogP contribution in [-0.4, -0.2) is 22.9 Å². The van der Waals surface area contributed by atoms with Gasteiger partial charge in [0.05, 0.1) is 17.6 Å². The Hall–Kier alpha value is 0.730. The number of alkyl halides is 2. The summed E-state index contributed by atoms with van der Waals surface area (Å²) >= 11 is 9.14. The maximum absolute atomic E-state index is 5.75. The predicted molar refractivity (Wildman–Crippen MR) is 53.8 cm³/mol. The highest BCUT2D eigenvalue weighted by molar-refractivity contribution is 9.09. The van der Waals surface area contributed by atoms with Gasteiger partial charge in [0.25, 0.3) is 0 Å². The van der Waals surface area contributed by atoms with Crippen molar-refractivity contribution in [1.82, 2.24) is 0 Å². The zero-order valence-electron chi connectivity index (χ0n) is 7.36. The first-order valence-electron chi connectivity index (χ1n) is 3.87. The Morgan fingerprint density at radius 1 is 1.64 bits per heavy atom. The maximum Gasteiger partial charge on any atom is 0.0889 e. The summed E-state index contributed by atoms with van der Waals surface area (Å²) in [4.78, 5) is 0. The van der Waals surface area contributed by atoms with Crippen molar-refractivity contribution in [3.05, 3.63) is 0 Å². The van der Waals surface area contributed by atoms with Crippen molar-refractivity contribution in [2.45, 2.75) is 38.9 Å². The monoisotopic (exact) mass is 242 g/mol. The van der Waals surface area contributed by atoms with Gasteiger partial charge in [0.2, 0.25) is 0 Å². The van der Waals surface area contributed by atoms with E-state index < -0.39 is 0 Å². The van der Waals surface area contributed by atoms with Crippen molar-refractivity contribution < 1.29 is 4.74 Å². The summed E-state index contributed by atoms with van der Waals surface area (Å²) in [6.07, 6.45) is 1.32. The molecule has 11 heavy (non-hydrogen) atoms. The van der Waals surface area contributed by atoms with E-state index in [1.807, 2.05) is 6.92 Å². The second kappa shape index (κ2) is 5.39. The molecule has 0 aliphatic carbocycles. The molecule has 0 spiro atoms. The highest BCUT2D eigenvalue weighted by atomic mass is 79.9. The molecule has 0 heterocycles. The van der Waals surface area contributed by atoms with Crippen molar-refractivity contribution >= 4 is 27.5 Å². The molecule has 0 rings (SSSR count). The van der Waals surface area contributed by atoms with Gasteiger partial charge in [-0.2, -0.15) is 0 Å². The number of rotatable bonds is 5. The molecule has 0 N–H and O–H groups in total. The number of halogens is 2. The van der Waals surface area contributed by atoms with Gasteiger partial charge in [0, 0.05) is 5.33 Å². The minimum absolute atomic E-state index is 0.211. The van der Waals surface area contributed by atoms with E-state index in [0.29, 0.717) is 5.88 Å². The van der Waals surface area contributed by atoms with Gasteiger partial charge in [-0.05, 0) is 20.3 Å². The third-order valence-electron chi connectivity index (χ3n) is 1.63. The molecule has 0 saturated heterocycles. The van der Waals surface area contributed by atoms with Gasteiger partial charge < -0.3 is 4.74 Å². The zero-order valence-corrected chi connectivity index (χ0v) is 9.70. The molecular weight excluding hydrogens is 227 g/mol. The van der Waals surface area contributed by atoms with Crippen molar-refractivity contribution in [3.8, 4) is 0 Å². The third-order valence-corrected chi connectivity index (χ3v) is 3.38.